The van der Waals surface area contributed by atoms with E-state index in [-0.39, 0.29) is 0 Å². The van der Waals surface area contributed by atoms with E-state index in [9.17, 15) is 8.78 Å². The van der Waals surface area contributed by atoms with E-state index in [1.807, 2.05) is 12.1 Å². The van der Waals surface area contributed by atoms with Gasteiger partial charge in [0.25, 0.3) is 0 Å². The molecule has 4 heteroatoms. The molecule has 1 saturated heterocycles. The summed E-state index contributed by atoms with van der Waals surface area (Å²) in [6.07, 6.45) is 0.802. The Hall–Kier alpha value is -1.16. The van der Waals surface area contributed by atoms with Crippen LogP contribution in [0.3, 0.4) is 0 Å². The van der Waals surface area contributed by atoms with Crippen LogP contribution in [0.1, 0.15) is 11.1 Å². The fourth-order valence-electron chi connectivity index (χ4n) is 1.94. The van der Waals surface area contributed by atoms with Crippen molar-refractivity contribution in [3.05, 3.63) is 29.3 Å². The van der Waals surface area contributed by atoms with Crippen molar-refractivity contribution < 1.29 is 13.5 Å². The number of rotatable bonds is 4. The Balaban J connectivity index is 2.17. The molecular weight excluding hydrogens is 212 g/mol. The molecule has 1 aromatic rings. The third kappa shape index (κ3) is 2.50. The predicted molar refractivity (Wildman–Crippen MR) is 57.9 cm³/mol. The van der Waals surface area contributed by atoms with Gasteiger partial charge >= 0.3 is 6.61 Å². The normalized spacial score (nSPS) is 16.2. The molecule has 0 amide bonds. The Kier molecular flexibility index (Phi) is 3.39. The van der Waals surface area contributed by atoms with Crippen molar-refractivity contribution in [2.75, 3.05) is 13.1 Å². The highest BCUT2D eigenvalue weighted by Gasteiger charge is 2.20. The van der Waals surface area contributed by atoms with E-state index in [2.05, 4.69) is 10.1 Å². The summed E-state index contributed by atoms with van der Waals surface area (Å²) in [4.78, 5) is 0. The van der Waals surface area contributed by atoms with Gasteiger partial charge in [0, 0.05) is 0 Å². The van der Waals surface area contributed by atoms with Crippen LogP contribution in [-0.2, 0) is 6.42 Å². The summed E-state index contributed by atoms with van der Waals surface area (Å²) in [5, 5.41) is 3.17. The van der Waals surface area contributed by atoms with Gasteiger partial charge in [-0.15, -0.1) is 0 Å². The first-order valence-corrected chi connectivity index (χ1v) is 5.41. The van der Waals surface area contributed by atoms with Crippen LogP contribution in [-0.4, -0.2) is 19.7 Å². The molecule has 0 aliphatic carbocycles. The van der Waals surface area contributed by atoms with Crippen LogP contribution >= 0.6 is 0 Å². The minimum absolute atomic E-state index is 0.351. The van der Waals surface area contributed by atoms with E-state index in [1.165, 1.54) is 0 Å². The van der Waals surface area contributed by atoms with Crippen LogP contribution in [0.2, 0.25) is 0 Å². The summed E-state index contributed by atoms with van der Waals surface area (Å²) in [6.45, 7) is 0.962. The molecule has 1 fully saturated rings. The minimum atomic E-state index is -2.75. The molecule has 0 bridgehead atoms. The predicted octanol–water partition coefficient (Wildman–Crippen LogP) is 2.36. The molecule has 1 aliphatic heterocycles. The van der Waals surface area contributed by atoms with Crippen LogP contribution in [0.5, 0.6) is 5.75 Å². The van der Waals surface area contributed by atoms with Crippen LogP contribution in [0.4, 0.5) is 8.78 Å². The maximum atomic E-state index is 12.3. The monoisotopic (exact) mass is 227 g/mol. The molecule has 1 N–H and O–H groups in total. The van der Waals surface area contributed by atoms with Gasteiger partial charge in [0.2, 0.25) is 0 Å². The van der Waals surface area contributed by atoms with Gasteiger partial charge in [-0.3, -0.25) is 0 Å². The zero-order chi connectivity index (χ0) is 11.5. The topological polar surface area (TPSA) is 21.3 Å². The second-order valence-corrected chi connectivity index (χ2v) is 4.17. The van der Waals surface area contributed by atoms with E-state index < -0.39 is 6.61 Å². The second-order valence-electron chi connectivity index (χ2n) is 4.17. The second kappa shape index (κ2) is 4.78. The van der Waals surface area contributed by atoms with Gasteiger partial charge in [-0.2, -0.15) is 8.78 Å². The molecule has 0 unspecified atom stereocenters. The third-order valence-corrected chi connectivity index (χ3v) is 2.87. The maximum Gasteiger partial charge on any atom is 0.387 e. The largest absolute Gasteiger partial charge is 0.434 e. The zero-order valence-corrected chi connectivity index (χ0v) is 9.17. The fraction of sp³-hybridized carbons (Fsp3) is 0.500. The quantitative estimate of drug-likeness (QED) is 0.852. The summed E-state index contributed by atoms with van der Waals surface area (Å²) in [7, 11) is 0. The molecule has 2 rings (SSSR count). The lowest BCUT2D eigenvalue weighted by Gasteiger charge is -2.28. The minimum Gasteiger partial charge on any atom is -0.434 e. The first-order chi connectivity index (χ1) is 7.66. The number of nitrogens with one attached hydrogen (secondary N) is 1. The third-order valence-electron chi connectivity index (χ3n) is 2.87. The van der Waals surface area contributed by atoms with Crippen molar-refractivity contribution in [1.82, 2.24) is 5.32 Å². The number of hydrogen-bond acceptors (Lipinski definition) is 2. The smallest absolute Gasteiger partial charge is 0.387 e. The molecule has 1 heterocycles. The molecular formula is C12H15F2NO. The lowest BCUT2D eigenvalue weighted by molar-refractivity contribution is -0.0510. The van der Waals surface area contributed by atoms with Gasteiger partial charge in [0.15, 0.2) is 0 Å². The Morgan fingerprint density at radius 3 is 2.75 bits per heavy atom. The first kappa shape index (κ1) is 11.3. The molecule has 1 aliphatic rings. The Bertz CT molecular complexity index is 364. The van der Waals surface area contributed by atoms with E-state index in [1.54, 1.807) is 13.0 Å². The SMILES string of the molecule is Cc1cccc(CC2CNC2)c1OC(F)F. The van der Waals surface area contributed by atoms with Crippen molar-refractivity contribution in [1.29, 1.82) is 0 Å². The van der Waals surface area contributed by atoms with Crippen LogP contribution < -0.4 is 10.1 Å². The molecule has 0 atom stereocenters. The lowest BCUT2D eigenvalue weighted by Crippen LogP contribution is -2.43. The zero-order valence-electron chi connectivity index (χ0n) is 9.17. The lowest BCUT2D eigenvalue weighted by atomic mass is 9.93. The highest BCUT2D eigenvalue weighted by Crippen LogP contribution is 2.28. The molecule has 0 spiro atoms. The van der Waals surface area contributed by atoms with Gasteiger partial charge < -0.3 is 10.1 Å². The van der Waals surface area contributed by atoms with Crippen molar-refractivity contribution in [2.24, 2.45) is 5.92 Å². The number of alkyl halides is 2. The average Bonchev–Trinajstić information content (AvgIpc) is 2.15. The number of hydrogen-bond donors (Lipinski definition) is 1. The van der Waals surface area contributed by atoms with Gasteiger partial charge in [0.1, 0.15) is 5.75 Å². The van der Waals surface area contributed by atoms with Crippen LogP contribution in [0.15, 0.2) is 18.2 Å². The fourth-order valence-corrected chi connectivity index (χ4v) is 1.94. The average molecular weight is 227 g/mol. The molecule has 1 aromatic carbocycles. The van der Waals surface area contributed by atoms with Crippen molar-refractivity contribution in [2.45, 2.75) is 20.0 Å². The molecule has 0 aromatic heterocycles. The molecule has 2 nitrogen and oxygen atoms in total. The molecule has 88 valence electrons. The number of ether oxygens (including phenoxy) is 1. The van der Waals surface area contributed by atoms with Gasteiger partial charge in [-0.05, 0) is 43.5 Å². The number of benzene rings is 1. The van der Waals surface area contributed by atoms with E-state index in [0.717, 1.165) is 30.6 Å². The maximum absolute atomic E-state index is 12.3. The van der Waals surface area contributed by atoms with Gasteiger partial charge in [-0.25, -0.2) is 0 Å². The summed E-state index contributed by atoms with van der Waals surface area (Å²) in [5.41, 5.74) is 1.65. The summed E-state index contributed by atoms with van der Waals surface area (Å²) < 4.78 is 29.2. The van der Waals surface area contributed by atoms with E-state index >= 15 is 0 Å². The highest BCUT2D eigenvalue weighted by atomic mass is 19.3. The highest BCUT2D eigenvalue weighted by molar-refractivity contribution is 5.41. The number of aryl methyl sites for hydroxylation is 1. The Labute approximate surface area is 93.6 Å². The van der Waals surface area contributed by atoms with E-state index in [0.29, 0.717) is 11.7 Å². The van der Waals surface area contributed by atoms with Gasteiger partial charge in [-0.1, -0.05) is 18.2 Å². The molecule has 0 radical (unpaired) electrons. The summed E-state index contributed by atoms with van der Waals surface area (Å²) in [5.74, 6) is 0.895. The van der Waals surface area contributed by atoms with E-state index in [4.69, 9.17) is 0 Å². The van der Waals surface area contributed by atoms with Gasteiger partial charge in [0.05, 0.1) is 0 Å². The summed E-state index contributed by atoms with van der Waals surface area (Å²) >= 11 is 0. The van der Waals surface area contributed by atoms with Crippen LogP contribution in [0.25, 0.3) is 0 Å². The number of halogens is 2. The van der Waals surface area contributed by atoms with Crippen LogP contribution in [0, 0.1) is 12.8 Å². The Morgan fingerprint density at radius 1 is 1.44 bits per heavy atom. The van der Waals surface area contributed by atoms with Crippen molar-refractivity contribution in [3.63, 3.8) is 0 Å². The summed E-state index contributed by atoms with van der Waals surface area (Å²) in [6, 6.07) is 5.54. The number of para-hydroxylation sites is 1. The standard InChI is InChI=1S/C12H15F2NO/c1-8-3-2-4-10(5-9-6-15-7-9)11(8)16-12(13)14/h2-4,9,12,15H,5-7H2,1H3. The van der Waals surface area contributed by atoms with Crippen molar-refractivity contribution >= 4 is 0 Å². The molecule has 0 saturated carbocycles. The van der Waals surface area contributed by atoms with Crippen molar-refractivity contribution in [3.8, 4) is 5.75 Å². The Morgan fingerprint density at radius 2 is 2.19 bits per heavy atom. The first-order valence-electron chi connectivity index (χ1n) is 5.41. The molecule has 16 heavy (non-hydrogen) atoms.